The molecule has 0 bridgehead atoms. The molecule has 0 fully saturated rings. The maximum atomic E-state index is 4.41. The Kier molecular flexibility index (Phi) is 4.22. The monoisotopic (exact) mass is 260 g/mol. The van der Waals surface area contributed by atoms with Gasteiger partial charge in [-0.25, -0.2) is 4.98 Å². The largest absolute Gasteiger partial charge is 0.342 e. The van der Waals surface area contributed by atoms with Crippen LogP contribution in [0.2, 0.25) is 0 Å². The molecular formula is C15H24N4. The third kappa shape index (κ3) is 3.78. The zero-order valence-electron chi connectivity index (χ0n) is 12.3. The summed E-state index contributed by atoms with van der Waals surface area (Å²) in [6.45, 7) is 8.33. The molecule has 19 heavy (non-hydrogen) atoms. The molecule has 0 unspecified atom stereocenters. The molecule has 4 nitrogen and oxygen atoms in total. The van der Waals surface area contributed by atoms with Gasteiger partial charge in [-0.1, -0.05) is 6.07 Å². The van der Waals surface area contributed by atoms with Crippen molar-refractivity contribution in [3.05, 3.63) is 29.6 Å². The summed E-state index contributed by atoms with van der Waals surface area (Å²) in [5.41, 5.74) is 3.66. The minimum absolute atomic E-state index is 0.143. The summed E-state index contributed by atoms with van der Waals surface area (Å²) in [6, 6.07) is 6.44. The Morgan fingerprint density at radius 2 is 2.11 bits per heavy atom. The highest BCUT2D eigenvalue weighted by atomic mass is 15.0. The third-order valence-electron chi connectivity index (χ3n) is 3.50. The number of likely N-dealkylation sites (N-methyl/N-ethyl adjacent to an activating group) is 1. The van der Waals surface area contributed by atoms with Crippen molar-refractivity contribution in [3.8, 4) is 0 Å². The fourth-order valence-electron chi connectivity index (χ4n) is 2.06. The molecule has 1 heterocycles. The lowest BCUT2D eigenvalue weighted by atomic mass is 10.1. The van der Waals surface area contributed by atoms with Gasteiger partial charge < -0.3 is 15.6 Å². The molecule has 0 spiro atoms. The molecule has 1 aromatic carbocycles. The van der Waals surface area contributed by atoms with Crippen LogP contribution in [-0.4, -0.2) is 35.6 Å². The van der Waals surface area contributed by atoms with Gasteiger partial charge >= 0.3 is 0 Å². The van der Waals surface area contributed by atoms with Gasteiger partial charge in [-0.15, -0.1) is 0 Å². The van der Waals surface area contributed by atoms with Crippen LogP contribution in [0.15, 0.2) is 18.2 Å². The first-order valence-corrected chi connectivity index (χ1v) is 6.85. The number of H-pyrrole nitrogens is 1. The predicted molar refractivity (Wildman–Crippen MR) is 80.5 cm³/mol. The number of imidazole rings is 1. The highest BCUT2D eigenvalue weighted by molar-refractivity contribution is 5.75. The quantitative estimate of drug-likeness (QED) is 0.696. The van der Waals surface area contributed by atoms with Crippen LogP contribution < -0.4 is 10.6 Å². The lowest BCUT2D eigenvalue weighted by Gasteiger charge is -2.24. The van der Waals surface area contributed by atoms with Gasteiger partial charge in [0.1, 0.15) is 5.82 Å². The number of rotatable bonds is 6. The van der Waals surface area contributed by atoms with E-state index >= 15 is 0 Å². The van der Waals surface area contributed by atoms with E-state index in [1.165, 1.54) is 5.56 Å². The van der Waals surface area contributed by atoms with Gasteiger partial charge in [-0.05, 0) is 58.5 Å². The van der Waals surface area contributed by atoms with Gasteiger partial charge in [-0.3, -0.25) is 0 Å². The van der Waals surface area contributed by atoms with Crippen LogP contribution in [0.3, 0.4) is 0 Å². The van der Waals surface area contributed by atoms with Crippen molar-refractivity contribution in [2.75, 3.05) is 20.1 Å². The smallest absolute Gasteiger partial charge is 0.104 e. The van der Waals surface area contributed by atoms with Crippen molar-refractivity contribution < 1.29 is 0 Å². The van der Waals surface area contributed by atoms with Gasteiger partial charge in [0.2, 0.25) is 0 Å². The van der Waals surface area contributed by atoms with Crippen LogP contribution in [-0.2, 0) is 6.42 Å². The summed E-state index contributed by atoms with van der Waals surface area (Å²) in [5.74, 6) is 0.973. The second kappa shape index (κ2) is 5.72. The second-order valence-electron chi connectivity index (χ2n) is 5.73. The lowest BCUT2D eigenvalue weighted by molar-refractivity contribution is 0.395. The average Bonchev–Trinajstić information content (AvgIpc) is 2.74. The molecule has 2 rings (SSSR count). The molecule has 0 radical (unpaired) electrons. The van der Waals surface area contributed by atoms with Crippen LogP contribution in [0.1, 0.15) is 25.2 Å². The second-order valence-corrected chi connectivity index (χ2v) is 5.73. The fraction of sp³-hybridized carbons (Fsp3) is 0.533. The zero-order valence-corrected chi connectivity index (χ0v) is 12.3. The molecule has 4 heteroatoms. The molecule has 3 N–H and O–H groups in total. The molecule has 0 aliphatic carbocycles. The van der Waals surface area contributed by atoms with E-state index in [4.69, 9.17) is 0 Å². The van der Waals surface area contributed by atoms with Crippen molar-refractivity contribution in [2.24, 2.45) is 0 Å². The molecule has 0 atom stereocenters. The van der Waals surface area contributed by atoms with Crippen molar-refractivity contribution in [1.82, 2.24) is 20.6 Å². The Balaban J connectivity index is 1.88. The fourth-order valence-corrected chi connectivity index (χ4v) is 2.06. The number of benzene rings is 1. The van der Waals surface area contributed by atoms with Gasteiger partial charge in [0.15, 0.2) is 0 Å². The van der Waals surface area contributed by atoms with E-state index in [1.54, 1.807) is 0 Å². The van der Waals surface area contributed by atoms with E-state index in [-0.39, 0.29) is 5.54 Å². The molecule has 0 saturated carbocycles. The summed E-state index contributed by atoms with van der Waals surface area (Å²) in [4.78, 5) is 7.70. The highest BCUT2D eigenvalue weighted by Crippen LogP contribution is 2.13. The summed E-state index contributed by atoms with van der Waals surface area (Å²) in [5, 5.41) is 6.78. The number of hydrogen-bond acceptors (Lipinski definition) is 3. The molecule has 0 aliphatic heterocycles. The van der Waals surface area contributed by atoms with Gasteiger partial charge in [0.05, 0.1) is 11.0 Å². The summed E-state index contributed by atoms with van der Waals surface area (Å²) >= 11 is 0. The Hall–Kier alpha value is -1.39. The Bertz CT molecular complexity index is 542. The highest BCUT2D eigenvalue weighted by Gasteiger charge is 2.12. The van der Waals surface area contributed by atoms with Crippen molar-refractivity contribution >= 4 is 11.0 Å². The number of aryl methyl sites for hydroxylation is 1. The van der Waals surface area contributed by atoms with Crippen LogP contribution in [0.25, 0.3) is 11.0 Å². The first-order chi connectivity index (χ1) is 9.00. The number of nitrogens with zero attached hydrogens (tertiary/aromatic N) is 1. The number of aromatic nitrogens is 2. The number of fused-ring (bicyclic) bond motifs is 1. The van der Waals surface area contributed by atoms with Crippen LogP contribution in [0, 0.1) is 6.92 Å². The van der Waals surface area contributed by atoms with E-state index in [0.29, 0.717) is 0 Å². The molecule has 0 aliphatic rings. The van der Waals surface area contributed by atoms with Crippen LogP contribution in [0.5, 0.6) is 0 Å². The molecule has 0 saturated heterocycles. The van der Waals surface area contributed by atoms with E-state index in [2.05, 4.69) is 52.6 Å². The topological polar surface area (TPSA) is 52.7 Å². The van der Waals surface area contributed by atoms with E-state index < -0.39 is 0 Å². The molecule has 1 aromatic heterocycles. The first kappa shape index (κ1) is 14.0. The SMILES string of the molecule is CNC(C)(C)CNCCc1ccc2nc(C)[nH]c2c1. The average molecular weight is 260 g/mol. The standard InChI is InChI=1S/C15H24N4/c1-11-18-13-6-5-12(9-14(13)19-11)7-8-17-10-15(2,3)16-4/h5-6,9,16-17H,7-8,10H2,1-4H3,(H,18,19). The normalized spacial score (nSPS) is 12.2. The van der Waals surface area contributed by atoms with Crippen LogP contribution >= 0.6 is 0 Å². The number of aromatic amines is 1. The maximum absolute atomic E-state index is 4.41. The van der Waals surface area contributed by atoms with Gasteiger partial charge in [0, 0.05) is 12.1 Å². The summed E-state index contributed by atoms with van der Waals surface area (Å²) < 4.78 is 0. The Morgan fingerprint density at radius 3 is 2.84 bits per heavy atom. The molecular weight excluding hydrogens is 236 g/mol. The van der Waals surface area contributed by atoms with Gasteiger partial charge in [-0.2, -0.15) is 0 Å². The number of hydrogen-bond donors (Lipinski definition) is 3. The zero-order chi connectivity index (χ0) is 13.9. The Morgan fingerprint density at radius 1 is 1.32 bits per heavy atom. The van der Waals surface area contributed by atoms with Crippen molar-refractivity contribution in [2.45, 2.75) is 32.7 Å². The van der Waals surface area contributed by atoms with E-state index in [1.807, 2.05) is 14.0 Å². The minimum Gasteiger partial charge on any atom is -0.342 e. The van der Waals surface area contributed by atoms with Crippen LogP contribution in [0.4, 0.5) is 0 Å². The molecule has 2 aromatic rings. The predicted octanol–water partition coefficient (Wildman–Crippen LogP) is 2.00. The Labute approximate surface area is 115 Å². The van der Waals surface area contributed by atoms with E-state index in [0.717, 1.165) is 36.4 Å². The first-order valence-electron chi connectivity index (χ1n) is 6.85. The van der Waals surface area contributed by atoms with Crippen molar-refractivity contribution in [3.63, 3.8) is 0 Å². The molecule has 104 valence electrons. The summed E-state index contributed by atoms with van der Waals surface area (Å²) in [6.07, 6.45) is 1.04. The third-order valence-corrected chi connectivity index (χ3v) is 3.50. The minimum atomic E-state index is 0.143. The summed E-state index contributed by atoms with van der Waals surface area (Å²) in [7, 11) is 2.00. The van der Waals surface area contributed by atoms with Crippen molar-refractivity contribution in [1.29, 1.82) is 0 Å². The maximum Gasteiger partial charge on any atom is 0.104 e. The number of nitrogens with one attached hydrogen (secondary N) is 3. The lowest BCUT2D eigenvalue weighted by Crippen LogP contribution is -2.46. The molecule has 0 amide bonds. The van der Waals surface area contributed by atoms with Gasteiger partial charge in [0.25, 0.3) is 0 Å². The van der Waals surface area contributed by atoms with E-state index in [9.17, 15) is 0 Å².